The third kappa shape index (κ3) is 2.30. The third-order valence-corrected chi connectivity index (χ3v) is 2.29. The first-order chi connectivity index (χ1) is 6.69. The van der Waals surface area contributed by atoms with Gasteiger partial charge in [0.25, 0.3) is 0 Å². The minimum Gasteiger partial charge on any atom is -0.478 e. The van der Waals surface area contributed by atoms with Gasteiger partial charge in [-0.15, -0.1) is 11.3 Å². The van der Waals surface area contributed by atoms with E-state index in [1.807, 2.05) is 0 Å². The average Bonchev–Trinajstić information content (AvgIpc) is 2.54. The van der Waals surface area contributed by atoms with Crippen molar-refractivity contribution in [3.8, 4) is 0 Å². The van der Waals surface area contributed by atoms with Crippen LogP contribution >= 0.6 is 22.9 Å². The second-order valence-corrected chi connectivity index (χ2v) is 3.20. The minimum absolute atomic E-state index is 0.109. The van der Waals surface area contributed by atoms with Crippen LogP contribution < -0.4 is 5.32 Å². The van der Waals surface area contributed by atoms with Crippen molar-refractivity contribution in [2.24, 2.45) is 0 Å². The number of hydrogen-bond donors (Lipinski definition) is 2. The van der Waals surface area contributed by atoms with Crippen LogP contribution in [0, 0.1) is 0 Å². The molecule has 74 valence electrons. The topological polar surface area (TPSA) is 79.3 Å². The van der Waals surface area contributed by atoms with E-state index in [4.69, 9.17) is 16.7 Å². The van der Waals surface area contributed by atoms with Gasteiger partial charge in [-0.1, -0.05) is 11.6 Å². The molecule has 0 aliphatic heterocycles. The van der Waals surface area contributed by atoms with Crippen molar-refractivity contribution in [3.05, 3.63) is 16.6 Å². The maximum Gasteiger partial charge on any atom is 0.338 e. The number of nitrogens with one attached hydrogen (secondary N) is 1. The molecule has 0 saturated carbocycles. The fourth-order valence-electron chi connectivity index (χ4n) is 0.726. The number of carbonyl (C=O) groups is 2. The van der Waals surface area contributed by atoms with Crippen molar-refractivity contribution in [2.75, 3.05) is 5.32 Å². The summed E-state index contributed by atoms with van der Waals surface area (Å²) in [5, 5.41) is 12.8. The van der Waals surface area contributed by atoms with Gasteiger partial charge in [0.2, 0.25) is 6.41 Å². The number of halogens is 1. The Morgan fingerprint density at radius 2 is 2.43 bits per heavy atom. The van der Waals surface area contributed by atoms with Gasteiger partial charge in [-0.3, -0.25) is 4.79 Å². The number of aliphatic carboxylic acids is 1. The SMILES string of the molecule is O=CNc1nc(C(=CCl)C(=O)O)cs1. The fourth-order valence-corrected chi connectivity index (χ4v) is 1.60. The molecule has 0 unspecified atom stereocenters. The molecule has 0 saturated heterocycles. The lowest BCUT2D eigenvalue weighted by atomic mass is 10.2. The van der Waals surface area contributed by atoms with Crippen molar-refractivity contribution in [1.29, 1.82) is 0 Å². The van der Waals surface area contributed by atoms with Crippen LogP contribution in [0.2, 0.25) is 0 Å². The van der Waals surface area contributed by atoms with E-state index in [1.54, 1.807) is 0 Å². The molecular weight excluding hydrogens is 228 g/mol. The lowest BCUT2D eigenvalue weighted by molar-refractivity contribution is -0.130. The Morgan fingerprint density at radius 1 is 1.71 bits per heavy atom. The maximum absolute atomic E-state index is 10.6. The van der Waals surface area contributed by atoms with E-state index in [1.165, 1.54) is 5.38 Å². The highest BCUT2D eigenvalue weighted by Gasteiger charge is 2.13. The zero-order valence-electron chi connectivity index (χ0n) is 6.73. The Bertz CT molecular complexity index is 388. The van der Waals surface area contributed by atoms with Gasteiger partial charge >= 0.3 is 5.97 Å². The first kappa shape index (κ1) is 10.7. The number of anilines is 1. The molecule has 0 spiro atoms. The summed E-state index contributed by atoms with van der Waals surface area (Å²) >= 11 is 6.43. The lowest BCUT2D eigenvalue weighted by Gasteiger charge is -1.93. The summed E-state index contributed by atoms with van der Waals surface area (Å²) < 4.78 is 0. The summed E-state index contributed by atoms with van der Waals surface area (Å²) in [5.41, 5.74) is 1.05. The highest BCUT2D eigenvalue weighted by atomic mass is 35.5. The first-order valence-electron chi connectivity index (χ1n) is 3.38. The van der Waals surface area contributed by atoms with Crippen LogP contribution in [0.3, 0.4) is 0 Å². The Labute approximate surface area is 88.0 Å². The summed E-state index contributed by atoms with van der Waals surface area (Å²) in [4.78, 5) is 24.5. The monoisotopic (exact) mass is 232 g/mol. The summed E-state index contributed by atoms with van der Waals surface area (Å²) in [7, 11) is 0. The number of aromatic nitrogens is 1. The van der Waals surface area contributed by atoms with Crippen LogP contribution in [-0.4, -0.2) is 22.5 Å². The Morgan fingerprint density at radius 3 is 2.93 bits per heavy atom. The summed E-state index contributed by atoms with van der Waals surface area (Å²) in [6.45, 7) is 0. The molecular formula is C7H5ClN2O3S. The van der Waals surface area contributed by atoms with Gasteiger partial charge in [-0.05, 0) is 0 Å². The van der Waals surface area contributed by atoms with Crippen molar-refractivity contribution in [1.82, 2.24) is 4.98 Å². The molecule has 0 bridgehead atoms. The lowest BCUT2D eigenvalue weighted by Crippen LogP contribution is -2.00. The van der Waals surface area contributed by atoms with Crippen molar-refractivity contribution in [3.63, 3.8) is 0 Å². The Kier molecular flexibility index (Phi) is 3.61. The number of nitrogens with zero attached hydrogens (tertiary/aromatic N) is 1. The molecule has 5 nitrogen and oxygen atoms in total. The van der Waals surface area contributed by atoms with Gasteiger partial charge in [-0.2, -0.15) is 0 Å². The average molecular weight is 233 g/mol. The van der Waals surface area contributed by atoms with E-state index in [9.17, 15) is 9.59 Å². The van der Waals surface area contributed by atoms with E-state index >= 15 is 0 Å². The summed E-state index contributed by atoms with van der Waals surface area (Å²) in [6, 6.07) is 0. The molecule has 0 atom stereocenters. The highest BCUT2D eigenvalue weighted by molar-refractivity contribution is 7.14. The molecule has 2 N–H and O–H groups in total. The molecule has 1 aromatic heterocycles. The number of hydrogen-bond acceptors (Lipinski definition) is 4. The molecule has 1 amide bonds. The van der Waals surface area contributed by atoms with Gasteiger partial charge < -0.3 is 10.4 Å². The number of rotatable bonds is 4. The summed E-state index contributed by atoms with van der Waals surface area (Å²) in [6.07, 6.45) is 0.466. The largest absolute Gasteiger partial charge is 0.478 e. The van der Waals surface area contributed by atoms with Crippen molar-refractivity contribution >= 4 is 46.0 Å². The number of thiazole rings is 1. The van der Waals surface area contributed by atoms with Crippen LogP contribution in [0.15, 0.2) is 10.9 Å². The van der Waals surface area contributed by atoms with Crippen LogP contribution in [-0.2, 0) is 9.59 Å². The van der Waals surface area contributed by atoms with Crippen LogP contribution in [0.4, 0.5) is 5.13 Å². The molecule has 1 rings (SSSR count). The fraction of sp³-hybridized carbons (Fsp3) is 0. The molecule has 0 aliphatic carbocycles. The Balaban J connectivity index is 2.95. The van der Waals surface area contributed by atoms with Gasteiger partial charge in [-0.25, -0.2) is 9.78 Å². The molecule has 0 aliphatic rings. The van der Waals surface area contributed by atoms with Crippen molar-refractivity contribution < 1.29 is 14.7 Å². The van der Waals surface area contributed by atoms with Crippen LogP contribution in [0.1, 0.15) is 5.69 Å². The molecule has 0 fully saturated rings. The predicted molar refractivity (Wildman–Crippen MR) is 53.3 cm³/mol. The van der Waals surface area contributed by atoms with Crippen LogP contribution in [0.25, 0.3) is 5.57 Å². The van der Waals surface area contributed by atoms with E-state index in [2.05, 4.69) is 10.3 Å². The van der Waals surface area contributed by atoms with Gasteiger partial charge in [0.05, 0.1) is 11.3 Å². The number of carbonyl (C=O) groups excluding carboxylic acids is 1. The first-order valence-corrected chi connectivity index (χ1v) is 4.70. The standard InChI is InChI=1S/C7H5ClN2O3S/c8-1-4(6(12)13)5-2-14-7(10-5)9-3-11/h1-3H,(H,12,13)(H,9,10,11). The predicted octanol–water partition coefficient (Wildman–Crippen LogP) is 1.38. The van der Waals surface area contributed by atoms with E-state index in [0.717, 1.165) is 16.9 Å². The van der Waals surface area contributed by atoms with Gasteiger partial charge in [0, 0.05) is 10.9 Å². The van der Waals surface area contributed by atoms with Crippen molar-refractivity contribution in [2.45, 2.75) is 0 Å². The second-order valence-electron chi connectivity index (χ2n) is 2.13. The Hall–Kier alpha value is -1.40. The third-order valence-electron chi connectivity index (χ3n) is 1.30. The second kappa shape index (κ2) is 4.73. The van der Waals surface area contributed by atoms with E-state index in [0.29, 0.717) is 11.5 Å². The number of amides is 1. The van der Waals surface area contributed by atoms with E-state index in [-0.39, 0.29) is 11.3 Å². The maximum atomic E-state index is 10.6. The number of carboxylic acid groups (broad SMARTS) is 1. The van der Waals surface area contributed by atoms with Gasteiger partial charge in [0.1, 0.15) is 0 Å². The molecule has 14 heavy (non-hydrogen) atoms. The van der Waals surface area contributed by atoms with Gasteiger partial charge in [0.15, 0.2) is 5.13 Å². The molecule has 0 radical (unpaired) electrons. The summed E-state index contributed by atoms with van der Waals surface area (Å²) in [5.74, 6) is -1.16. The van der Waals surface area contributed by atoms with E-state index < -0.39 is 5.97 Å². The minimum atomic E-state index is -1.16. The molecule has 0 aromatic carbocycles. The molecule has 1 aromatic rings. The zero-order valence-corrected chi connectivity index (χ0v) is 8.30. The van der Waals surface area contributed by atoms with Crippen LogP contribution in [0.5, 0.6) is 0 Å². The zero-order chi connectivity index (χ0) is 10.6. The molecule has 7 heteroatoms. The number of carboxylic acids is 1. The quantitative estimate of drug-likeness (QED) is 0.607. The molecule has 1 heterocycles. The normalized spacial score (nSPS) is 11.1. The smallest absolute Gasteiger partial charge is 0.338 e. The highest BCUT2D eigenvalue weighted by Crippen LogP contribution is 2.21.